The van der Waals surface area contributed by atoms with Gasteiger partial charge >= 0.3 is 6.03 Å². The van der Waals surface area contributed by atoms with Crippen LogP contribution in [0.4, 0.5) is 20.6 Å². The molecule has 6 heteroatoms. The van der Waals surface area contributed by atoms with Crippen molar-refractivity contribution in [2.75, 3.05) is 17.7 Å². The van der Waals surface area contributed by atoms with Crippen molar-refractivity contribution in [2.45, 2.75) is 6.92 Å². The molecule has 0 atom stereocenters. The van der Waals surface area contributed by atoms with Crippen molar-refractivity contribution in [3.63, 3.8) is 0 Å². The van der Waals surface area contributed by atoms with E-state index in [0.717, 1.165) is 0 Å². The summed E-state index contributed by atoms with van der Waals surface area (Å²) >= 11 is 0. The summed E-state index contributed by atoms with van der Waals surface area (Å²) < 4.78 is 13.2. The van der Waals surface area contributed by atoms with E-state index in [-0.39, 0.29) is 17.5 Å². The first-order chi connectivity index (χ1) is 10.5. The molecule has 2 aromatic rings. The number of aryl methyl sites for hydroxylation is 1. The van der Waals surface area contributed by atoms with Crippen LogP contribution < -0.4 is 16.0 Å². The van der Waals surface area contributed by atoms with Crippen molar-refractivity contribution >= 4 is 23.3 Å². The molecule has 0 aliphatic heterocycles. The van der Waals surface area contributed by atoms with E-state index in [2.05, 4.69) is 16.0 Å². The average molecular weight is 301 g/mol. The molecule has 3 amide bonds. The Balaban J connectivity index is 2.08. The van der Waals surface area contributed by atoms with Gasteiger partial charge in [0.25, 0.3) is 5.91 Å². The number of anilines is 2. The van der Waals surface area contributed by atoms with Crippen LogP contribution in [0.15, 0.2) is 42.5 Å². The number of carbonyl (C=O) groups is 2. The van der Waals surface area contributed by atoms with Crippen molar-refractivity contribution in [1.82, 2.24) is 5.32 Å². The van der Waals surface area contributed by atoms with E-state index in [1.807, 2.05) is 0 Å². The maximum Gasteiger partial charge on any atom is 0.318 e. The molecule has 0 saturated carbocycles. The van der Waals surface area contributed by atoms with Gasteiger partial charge in [0.15, 0.2) is 0 Å². The van der Waals surface area contributed by atoms with Crippen LogP contribution in [0.5, 0.6) is 0 Å². The topological polar surface area (TPSA) is 70.2 Å². The van der Waals surface area contributed by atoms with Crippen LogP contribution in [0.3, 0.4) is 0 Å². The van der Waals surface area contributed by atoms with Crippen molar-refractivity contribution in [3.05, 3.63) is 59.4 Å². The molecule has 0 aromatic heterocycles. The summed E-state index contributed by atoms with van der Waals surface area (Å²) in [5, 5.41) is 7.73. The number of amides is 3. The third kappa shape index (κ3) is 3.82. The highest BCUT2D eigenvalue weighted by atomic mass is 19.1. The number of hydrogen-bond acceptors (Lipinski definition) is 2. The van der Waals surface area contributed by atoms with Gasteiger partial charge in [-0.3, -0.25) is 4.79 Å². The maximum absolute atomic E-state index is 13.2. The molecule has 0 aliphatic carbocycles. The minimum atomic E-state index is -0.458. The zero-order valence-electron chi connectivity index (χ0n) is 12.2. The molecule has 2 rings (SSSR count). The second-order valence-electron chi connectivity index (χ2n) is 4.69. The molecule has 22 heavy (non-hydrogen) atoms. The molecule has 114 valence electrons. The molecule has 2 aromatic carbocycles. The fourth-order valence-corrected chi connectivity index (χ4v) is 1.87. The zero-order chi connectivity index (χ0) is 16.1. The molecular weight excluding hydrogens is 285 g/mol. The molecule has 0 fully saturated rings. The van der Waals surface area contributed by atoms with Gasteiger partial charge in [0.1, 0.15) is 5.82 Å². The summed E-state index contributed by atoms with van der Waals surface area (Å²) in [5.41, 5.74) is 2.12. The fourth-order valence-electron chi connectivity index (χ4n) is 1.87. The van der Waals surface area contributed by atoms with Crippen LogP contribution in [0.2, 0.25) is 0 Å². The Hall–Kier alpha value is -2.89. The van der Waals surface area contributed by atoms with Crippen molar-refractivity contribution in [3.8, 4) is 0 Å². The van der Waals surface area contributed by atoms with Crippen LogP contribution in [0.25, 0.3) is 0 Å². The van der Waals surface area contributed by atoms with Gasteiger partial charge in [-0.2, -0.15) is 0 Å². The number of urea groups is 1. The highest BCUT2D eigenvalue weighted by Gasteiger charge is 2.10. The van der Waals surface area contributed by atoms with Crippen LogP contribution in [-0.2, 0) is 0 Å². The van der Waals surface area contributed by atoms with Gasteiger partial charge in [0.05, 0.1) is 0 Å². The zero-order valence-corrected chi connectivity index (χ0v) is 12.2. The molecule has 0 saturated heterocycles. The number of nitrogens with one attached hydrogen (secondary N) is 3. The Morgan fingerprint density at radius 3 is 2.14 bits per heavy atom. The third-order valence-electron chi connectivity index (χ3n) is 3.07. The quantitative estimate of drug-likeness (QED) is 0.815. The van der Waals surface area contributed by atoms with Gasteiger partial charge in [-0.1, -0.05) is 6.07 Å². The van der Waals surface area contributed by atoms with Crippen molar-refractivity contribution < 1.29 is 14.0 Å². The van der Waals surface area contributed by atoms with E-state index in [1.165, 1.54) is 19.2 Å². The normalized spacial score (nSPS) is 9.95. The molecule has 0 unspecified atom stereocenters. The molecule has 0 aliphatic rings. The number of benzene rings is 2. The van der Waals surface area contributed by atoms with Crippen LogP contribution in [-0.4, -0.2) is 19.0 Å². The SMILES string of the molecule is CNC(=O)Nc1ccc(NC(=O)c2cc(F)ccc2C)cc1. The first-order valence-corrected chi connectivity index (χ1v) is 6.66. The van der Waals surface area contributed by atoms with Gasteiger partial charge in [-0.05, 0) is 48.9 Å². The van der Waals surface area contributed by atoms with E-state index in [4.69, 9.17) is 0 Å². The Bertz CT molecular complexity index is 699. The largest absolute Gasteiger partial charge is 0.341 e. The van der Waals surface area contributed by atoms with Gasteiger partial charge in [-0.25, -0.2) is 9.18 Å². The van der Waals surface area contributed by atoms with Gasteiger partial charge in [0, 0.05) is 24.0 Å². The van der Waals surface area contributed by atoms with Gasteiger partial charge in [0.2, 0.25) is 0 Å². The second kappa shape index (κ2) is 6.71. The third-order valence-corrected chi connectivity index (χ3v) is 3.07. The van der Waals surface area contributed by atoms with E-state index in [9.17, 15) is 14.0 Å². The van der Waals surface area contributed by atoms with E-state index >= 15 is 0 Å². The maximum atomic E-state index is 13.2. The number of carbonyl (C=O) groups excluding carboxylic acids is 2. The van der Waals surface area contributed by atoms with Crippen molar-refractivity contribution in [1.29, 1.82) is 0 Å². The summed E-state index contributed by atoms with van der Waals surface area (Å²) in [6.45, 7) is 1.74. The average Bonchev–Trinajstić information content (AvgIpc) is 2.51. The lowest BCUT2D eigenvalue weighted by molar-refractivity contribution is 0.102. The number of hydrogen-bond donors (Lipinski definition) is 3. The molecule has 0 spiro atoms. The fraction of sp³-hybridized carbons (Fsp3) is 0.125. The smallest absolute Gasteiger partial charge is 0.318 e. The van der Waals surface area contributed by atoms with Crippen LogP contribution in [0, 0.1) is 12.7 Å². The Morgan fingerprint density at radius 1 is 0.955 bits per heavy atom. The second-order valence-corrected chi connectivity index (χ2v) is 4.69. The highest BCUT2D eigenvalue weighted by Crippen LogP contribution is 2.16. The summed E-state index contributed by atoms with van der Waals surface area (Å²) in [7, 11) is 1.52. The van der Waals surface area contributed by atoms with E-state index in [1.54, 1.807) is 37.3 Å². The summed E-state index contributed by atoms with van der Waals surface area (Å²) in [6, 6.07) is 10.4. The summed E-state index contributed by atoms with van der Waals surface area (Å²) in [6.07, 6.45) is 0. The molecule has 0 bridgehead atoms. The molecule has 3 N–H and O–H groups in total. The van der Waals surface area contributed by atoms with Gasteiger partial charge < -0.3 is 16.0 Å². The number of halogens is 1. The lowest BCUT2D eigenvalue weighted by atomic mass is 10.1. The molecule has 0 radical (unpaired) electrons. The molecular formula is C16H16FN3O2. The molecule has 0 heterocycles. The number of rotatable bonds is 3. The first-order valence-electron chi connectivity index (χ1n) is 6.66. The predicted octanol–water partition coefficient (Wildman–Crippen LogP) is 3.14. The van der Waals surface area contributed by atoms with E-state index < -0.39 is 5.82 Å². The lowest BCUT2D eigenvalue weighted by Crippen LogP contribution is -2.24. The first kappa shape index (κ1) is 15.5. The van der Waals surface area contributed by atoms with Crippen LogP contribution >= 0.6 is 0 Å². The predicted molar refractivity (Wildman–Crippen MR) is 83.6 cm³/mol. The van der Waals surface area contributed by atoms with Gasteiger partial charge in [-0.15, -0.1) is 0 Å². The highest BCUT2D eigenvalue weighted by molar-refractivity contribution is 6.05. The Morgan fingerprint density at radius 2 is 1.55 bits per heavy atom. The minimum absolute atomic E-state index is 0.285. The summed E-state index contributed by atoms with van der Waals surface area (Å²) in [4.78, 5) is 23.3. The summed E-state index contributed by atoms with van der Waals surface area (Å²) in [5.74, 6) is -0.843. The Kier molecular flexibility index (Phi) is 4.73. The van der Waals surface area contributed by atoms with Crippen LogP contribution in [0.1, 0.15) is 15.9 Å². The monoisotopic (exact) mass is 301 g/mol. The Labute approximate surface area is 127 Å². The van der Waals surface area contributed by atoms with E-state index in [0.29, 0.717) is 16.9 Å². The molecule has 5 nitrogen and oxygen atoms in total. The minimum Gasteiger partial charge on any atom is -0.341 e. The standard InChI is InChI=1S/C16H16FN3O2/c1-10-3-4-11(17)9-14(10)15(21)19-12-5-7-13(8-6-12)20-16(22)18-2/h3-9H,1-2H3,(H,19,21)(H2,18,20,22). The van der Waals surface area contributed by atoms with Crippen molar-refractivity contribution in [2.24, 2.45) is 0 Å². The lowest BCUT2D eigenvalue weighted by Gasteiger charge is -2.09.